The second-order valence-electron chi connectivity index (χ2n) is 5.63. The van der Waals surface area contributed by atoms with Crippen LogP contribution < -0.4 is 4.90 Å². The maximum Gasteiger partial charge on any atom is 0.255 e. The molecule has 3 aromatic rings. The molecule has 1 fully saturated rings. The molecular formula is C17H15FN4OS. The number of pyridine rings is 1. The number of carbonyl (C=O) groups excluding carboxylic acids is 1. The van der Waals surface area contributed by atoms with Crippen LogP contribution in [0, 0.1) is 5.82 Å². The van der Waals surface area contributed by atoms with E-state index in [2.05, 4.69) is 14.9 Å². The van der Waals surface area contributed by atoms with Crippen LogP contribution in [-0.4, -0.2) is 47.0 Å². The zero-order valence-electron chi connectivity index (χ0n) is 12.9. The Balaban J connectivity index is 1.46. The number of amides is 1. The molecule has 1 aliphatic heterocycles. The van der Waals surface area contributed by atoms with Crippen LogP contribution in [-0.2, 0) is 0 Å². The summed E-state index contributed by atoms with van der Waals surface area (Å²) in [7, 11) is 0. The van der Waals surface area contributed by atoms with Crippen molar-refractivity contribution in [2.75, 3.05) is 31.1 Å². The molecule has 122 valence electrons. The van der Waals surface area contributed by atoms with Crippen molar-refractivity contribution in [2.24, 2.45) is 0 Å². The van der Waals surface area contributed by atoms with Crippen LogP contribution in [0.25, 0.3) is 10.2 Å². The fraction of sp³-hybridized carbons (Fsp3) is 0.235. The Kier molecular flexibility index (Phi) is 3.86. The van der Waals surface area contributed by atoms with Gasteiger partial charge >= 0.3 is 0 Å². The molecule has 24 heavy (non-hydrogen) atoms. The molecule has 1 amide bonds. The van der Waals surface area contributed by atoms with Gasteiger partial charge in [0.2, 0.25) is 0 Å². The van der Waals surface area contributed by atoms with Gasteiger partial charge in [-0.2, -0.15) is 0 Å². The van der Waals surface area contributed by atoms with Gasteiger partial charge in [-0.3, -0.25) is 9.78 Å². The van der Waals surface area contributed by atoms with Crippen molar-refractivity contribution >= 4 is 32.6 Å². The van der Waals surface area contributed by atoms with Gasteiger partial charge < -0.3 is 9.80 Å². The van der Waals surface area contributed by atoms with Crippen molar-refractivity contribution in [3.8, 4) is 0 Å². The van der Waals surface area contributed by atoms with Crippen LogP contribution in [0.4, 0.5) is 9.52 Å². The zero-order chi connectivity index (χ0) is 16.5. The van der Waals surface area contributed by atoms with E-state index in [0.717, 1.165) is 15.3 Å². The van der Waals surface area contributed by atoms with Crippen molar-refractivity contribution in [1.29, 1.82) is 0 Å². The number of thiazole rings is 1. The summed E-state index contributed by atoms with van der Waals surface area (Å²) >= 11 is 1.49. The summed E-state index contributed by atoms with van der Waals surface area (Å²) in [5, 5.41) is 0.879. The van der Waals surface area contributed by atoms with Gasteiger partial charge in [0.1, 0.15) is 5.82 Å². The normalized spacial score (nSPS) is 15.0. The summed E-state index contributed by atoms with van der Waals surface area (Å²) in [6.45, 7) is 2.71. The van der Waals surface area contributed by atoms with Gasteiger partial charge in [-0.1, -0.05) is 11.3 Å². The third-order valence-corrected chi connectivity index (χ3v) is 5.16. The van der Waals surface area contributed by atoms with Crippen molar-refractivity contribution in [3.63, 3.8) is 0 Å². The largest absolute Gasteiger partial charge is 0.345 e. The van der Waals surface area contributed by atoms with Crippen molar-refractivity contribution < 1.29 is 9.18 Å². The van der Waals surface area contributed by atoms with E-state index < -0.39 is 0 Å². The lowest BCUT2D eigenvalue weighted by molar-refractivity contribution is 0.0746. The molecule has 1 aliphatic rings. The summed E-state index contributed by atoms with van der Waals surface area (Å²) in [4.78, 5) is 25.0. The molecule has 1 aromatic carbocycles. The highest BCUT2D eigenvalue weighted by Crippen LogP contribution is 2.30. The number of aromatic nitrogens is 2. The van der Waals surface area contributed by atoms with E-state index in [1.165, 1.54) is 23.5 Å². The number of anilines is 1. The predicted octanol–water partition coefficient (Wildman–Crippen LogP) is 2.79. The number of benzene rings is 1. The third kappa shape index (κ3) is 2.82. The summed E-state index contributed by atoms with van der Waals surface area (Å²) in [5.41, 5.74) is 1.42. The van der Waals surface area contributed by atoms with Crippen LogP contribution >= 0.6 is 11.3 Å². The summed E-state index contributed by atoms with van der Waals surface area (Å²) in [5.74, 6) is -0.237. The highest BCUT2D eigenvalue weighted by Gasteiger charge is 2.24. The Morgan fingerprint density at radius 2 is 2.00 bits per heavy atom. The summed E-state index contributed by atoms with van der Waals surface area (Å²) in [6, 6.07) is 8.19. The Hall–Kier alpha value is -2.54. The number of piperazine rings is 1. The highest BCUT2D eigenvalue weighted by atomic mass is 32.1. The molecule has 0 unspecified atom stereocenters. The van der Waals surface area contributed by atoms with Crippen LogP contribution in [0.15, 0.2) is 42.7 Å². The first-order valence-electron chi connectivity index (χ1n) is 7.71. The van der Waals surface area contributed by atoms with E-state index in [9.17, 15) is 9.18 Å². The molecule has 0 saturated carbocycles. The first-order chi connectivity index (χ1) is 11.7. The van der Waals surface area contributed by atoms with Gasteiger partial charge in [0, 0.05) is 38.6 Å². The summed E-state index contributed by atoms with van der Waals surface area (Å²) < 4.78 is 14.2. The smallest absolute Gasteiger partial charge is 0.255 e. The lowest BCUT2D eigenvalue weighted by Crippen LogP contribution is -2.48. The average Bonchev–Trinajstić information content (AvgIpc) is 3.05. The van der Waals surface area contributed by atoms with Crippen LogP contribution in [0.3, 0.4) is 0 Å². The average molecular weight is 342 g/mol. The summed E-state index contributed by atoms with van der Waals surface area (Å²) in [6.07, 6.45) is 3.25. The molecule has 0 spiro atoms. The van der Waals surface area contributed by atoms with E-state index in [0.29, 0.717) is 31.7 Å². The highest BCUT2D eigenvalue weighted by molar-refractivity contribution is 7.22. The molecule has 1 saturated heterocycles. The third-order valence-electron chi connectivity index (χ3n) is 4.09. The first-order valence-corrected chi connectivity index (χ1v) is 8.53. The van der Waals surface area contributed by atoms with Crippen LogP contribution in [0.2, 0.25) is 0 Å². The molecule has 0 aliphatic carbocycles. The number of nitrogens with zero attached hydrogens (tertiary/aromatic N) is 4. The molecule has 7 heteroatoms. The number of hydrogen-bond donors (Lipinski definition) is 0. The van der Waals surface area contributed by atoms with E-state index in [1.807, 2.05) is 4.90 Å². The molecule has 0 radical (unpaired) electrons. The Morgan fingerprint density at radius 1 is 1.17 bits per heavy atom. The van der Waals surface area contributed by atoms with Crippen LogP contribution in [0.1, 0.15) is 10.4 Å². The monoisotopic (exact) mass is 342 g/mol. The van der Waals surface area contributed by atoms with Gasteiger partial charge in [-0.15, -0.1) is 0 Å². The van der Waals surface area contributed by atoms with Gasteiger partial charge in [0.25, 0.3) is 5.91 Å². The molecule has 0 bridgehead atoms. The standard InChI is InChI=1S/C17H15FN4OS/c18-13-3-4-14-15(10-13)24-17(20-14)22-8-6-21(7-9-22)16(23)12-2-1-5-19-11-12/h1-5,10-11H,6-9H2. The van der Waals surface area contributed by atoms with Gasteiger partial charge in [0.15, 0.2) is 5.13 Å². The molecule has 4 rings (SSSR count). The topological polar surface area (TPSA) is 49.3 Å². The van der Waals surface area contributed by atoms with E-state index in [-0.39, 0.29) is 11.7 Å². The van der Waals surface area contributed by atoms with E-state index in [1.54, 1.807) is 30.6 Å². The molecule has 2 aromatic heterocycles. The molecular weight excluding hydrogens is 327 g/mol. The molecule has 5 nitrogen and oxygen atoms in total. The zero-order valence-corrected chi connectivity index (χ0v) is 13.7. The van der Waals surface area contributed by atoms with Gasteiger partial charge in [-0.25, -0.2) is 9.37 Å². The molecule has 0 atom stereocenters. The van der Waals surface area contributed by atoms with Crippen molar-refractivity contribution in [1.82, 2.24) is 14.9 Å². The van der Waals surface area contributed by atoms with E-state index >= 15 is 0 Å². The predicted molar refractivity (Wildman–Crippen MR) is 91.9 cm³/mol. The number of hydrogen-bond acceptors (Lipinski definition) is 5. The maximum absolute atomic E-state index is 13.3. The van der Waals surface area contributed by atoms with Crippen LogP contribution in [0.5, 0.6) is 0 Å². The number of carbonyl (C=O) groups is 1. The number of fused-ring (bicyclic) bond motifs is 1. The number of halogens is 1. The lowest BCUT2D eigenvalue weighted by atomic mass is 10.2. The minimum Gasteiger partial charge on any atom is -0.345 e. The fourth-order valence-electron chi connectivity index (χ4n) is 2.79. The molecule has 3 heterocycles. The quantitative estimate of drug-likeness (QED) is 0.719. The van der Waals surface area contributed by atoms with Crippen molar-refractivity contribution in [3.05, 3.63) is 54.1 Å². The van der Waals surface area contributed by atoms with Crippen molar-refractivity contribution in [2.45, 2.75) is 0 Å². The Labute approximate surface area is 142 Å². The van der Waals surface area contributed by atoms with Gasteiger partial charge in [-0.05, 0) is 30.3 Å². The minimum absolute atomic E-state index is 0.00845. The van der Waals surface area contributed by atoms with E-state index in [4.69, 9.17) is 0 Å². The lowest BCUT2D eigenvalue weighted by Gasteiger charge is -2.34. The second-order valence-corrected chi connectivity index (χ2v) is 6.64. The minimum atomic E-state index is -0.246. The Morgan fingerprint density at radius 3 is 2.75 bits per heavy atom. The maximum atomic E-state index is 13.3. The first kappa shape index (κ1) is 15.0. The SMILES string of the molecule is O=C(c1cccnc1)N1CCN(c2nc3ccc(F)cc3s2)CC1. The molecule has 0 N–H and O–H groups in total. The second kappa shape index (κ2) is 6.16. The Bertz CT molecular complexity index is 875. The van der Waals surface area contributed by atoms with Gasteiger partial charge in [0.05, 0.1) is 15.8 Å². The number of rotatable bonds is 2. The fourth-order valence-corrected chi connectivity index (χ4v) is 3.84.